The zero-order chi connectivity index (χ0) is 16.2. The lowest BCUT2D eigenvalue weighted by Gasteiger charge is -2.33. The molecule has 1 heterocycles. The molecule has 4 heteroatoms. The second-order valence-corrected chi connectivity index (χ2v) is 5.70. The molecule has 0 N–H and O–H groups in total. The molecule has 0 saturated carbocycles. The number of hydrogen-bond acceptors (Lipinski definition) is 3. The molecule has 1 amide bonds. The van der Waals surface area contributed by atoms with E-state index in [-0.39, 0.29) is 12.0 Å². The molecule has 0 spiro atoms. The van der Waals surface area contributed by atoms with Crippen molar-refractivity contribution in [3.8, 4) is 5.75 Å². The Labute approximate surface area is 136 Å². The van der Waals surface area contributed by atoms with Crippen LogP contribution in [0.3, 0.4) is 0 Å². The molecule has 3 rings (SSSR count). The third-order valence-electron chi connectivity index (χ3n) is 4.22. The van der Waals surface area contributed by atoms with Gasteiger partial charge in [0.1, 0.15) is 11.9 Å². The van der Waals surface area contributed by atoms with Gasteiger partial charge in [-0.1, -0.05) is 30.3 Å². The number of nitrogens with zero attached hydrogens (tertiary/aromatic N) is 1. The fraction of sp³-hybridized carbons (Fsp3) is 0.316. The van der Waals surface area contributed by atoms with Gasteiger partial charge >= 0.3 is 0 Å². The molecule has 1 atom stereocenters. The first-order valence-electron chi connectivity index (χ1n) is 7.79. The molecule has 23 heavy (non-hydrogen) atoms. The summed E-state index contributed by atoms with van der Waals surface area (Å²) < 4.78 is 11.0. The summed E-state index contributed by atoms with van der Waals surface area (Å²) in [5.41, 5.74) is 2.83. The molecular weight excluding hydrogens is 290 g/mol. The number of methoxy groups -OCH3 is 1. The van der Waals surface area contributed by atoms with Crippen molar-refractivity contribution < 1.29 is 14.3 Å². The quantitative estimate of drug-likeness (QED) is 0.873. The van der Waals surface area contributed by atoms with Crippen molar-refractivity contribution >= 4 is 5.91 Å². The summed E-state index contributed by atoms with van der Waals surface area (Å²) in [5.74, 6) is 0.891. The lowest BCUT2D eigenvalue weighted by Crippen LogP contribution is -2.42. The minimum absolute atomic E-state index is 0.0740. The van der Waals surface area contributed by atoms with Gasteiger partial charge in [-0.3, -0.25) is 4.79 Å². The Morgan fingerprint density at radius 2 is 1.91 bits per heavy atom. The van der Waals surface area contributed by atoms with Gasteiger partial charge in [0.05, 0.1) is 20.3 Å². The van der Waals surface area contributed by atoms with Crippen LogP contribution < -0.4 is 4.74 Å². The van der Waals surface area contributed by atoms with Crippen molar-refractivity contribution in [2.75, 3.05) is 26.8 Å². The number of rotatable bonds is 3. The summed E-state index contributed by atoms with van der Waals surface area (Å²) in [7, 11) is 1.65. The largest absolute Gasteiger partial charge is 0.497 e. The standard InChI is InChI=1S/C19H21NO3/c1-14-5-3-4-6-17(14)19(21)20-11-12-23-18(13-20)15-7-9-16(22-2)10-8-15/h3-10,18H,11-13H2,1-2H3. The van der Waals surface area contributed by atoms with E-state index in [0.717, 1.165) is 22.4 Å². The zero-order valence-electron chi connectivity index (χ0n) is 13.5. The van der Waals surface area contributed by atoms with Crippen LogP contribution >= 0.6 is 0 Å². The Morgan fingerprint density at radius 1 is 1.17 bits per heavy atom. The number of benzene rings is 2. The van der Waals surface area contributed by atoms with Crippen LogP contribution in [0.25, 0.3) is 0 Å². The lowest BCUT2D eigenvalue weighted by molar-refractivity contribution is -0.0228. The van der Waals surface area contributed by atoms with Crippen LogP contribution in [-0.4, -0.2) is 37.6 Å². The highest BCUT2D eigenvalue weighted by Gasteiger charge is 2.26. The van der Waals surface area contributed by atoms with Crippen LogP contribution in [0.5, 0.6) is 5.75 Å². The van der Waals surface area contributed by atoms with E-state index in [0.29, 0.717) is 19.7 Å². The predicted octanol–water partition coefficient (Wildman–Crippen LogP) is 3.22. The minimum atomic E-state index is -0.0948. The molecule has 1 saturated heterocycles. The first-order chi connectivity index (χ1) is 11.2. The second-order valence-electron chi connectivity index (χ2n) is 5.70. The molecule has 4 nitrogen and oxygen atoms in total. The fourth-order valence-electron chi connectivity index (χ4n) is 2.84. The smallest absolute Gasteiger partial charge is 0.254 e. The average molecular weight is 311 g/mol. The van der Waals surface area contributed by atoms with Gasteiger partial charge in [0.25, 0.3) is 5.91 Å². The molecule has 0 radical (unpaired) electrons. The summed E-state index contributed by atoms with van der Waals surface area (Å²) in [5, 5.41) is 0. The summed E-state index contributed by atoms with van der Waals surface area (Å²) in [6.45, 7) is 3.71. The zero-order valence-corrected chi connectivity index (χ0v) is 13.5. The monoisotopic (exact) mass is 311 g/mol. The Bertz CT molecular complexity index is 681. The number of ether oxygens (including phenoxy) is 2. The van der Waals surface area contributed by atoms with Crippen LogP contribution in [-0.2, 0) is 4.74 Å². The van der Waals surface area contributed by atoms with Crippen LogP contribution in [0.4, 0.5) is 0 Å². The average Bonchev–Trinajstić information content (AvgIpc) is 2.62. The highest BCUT2D eigenvalue weighted by Crippen LogP contribution is 2.25. The van der Waals surface area contributed by atoms with Crippen molar-refractivity contribution in [1.29, 1.82) is 0 Å². The van der Waals surface area contributed by atoms with Crippen molar-refractivity contribution in [1.82, 2.24) is 4.90 Å². The maximum Gasteiger partial charge on any atom is 0.254 e. The molecule has 1 aliphatic rings. The molecule has 0 bridgehead atoms. The maximum absolute atomic E-state index is 12.7. The Balaban J connectivity index is 1.75. The molecule has 2 aromatic rings. The van der Waals surface area contributed by atoms with E-state index in [2.05, 4.69) is 0 Å². The van der Waals surface area contributed by atoms with E-state index in [4.69, 9.17) is 9.47 Å². The number of carbonyl (C=O) groups excluding carboxylic acids is 1. The van der Waals surface area contributed by atoms with Crippen molar-refractivity contribution in [2.24, 2.45) is 0 Å². The third-order valence-corrected chi connectivity index (χ3v) is 4.22. The summed E-state index contributed by atoms with van der Waals surface area (Å²) in [6, 6.07) is 15.5. The molecule has 0 aliphatic carbocycles. The van der Waals surface area contributed by atoms with Gasteiger partial charge < -0.3 is 14.4 Å². The van der Waals surface area contributed by atoms with Crippen LogP contribution in [0.1, 0.15) is 27.6 Å². The van der Waals surface area contributed by atoms with Gasteiger partial charge in [-0.2, -0.15) is 0 Å². The Kier molecular flexibility index (Phi) is 4.63. The lowest BCUT2D eigenvalue weighted by atomic mass is 10.0. The van der Waals surface area contributed by atoms with Crippen LogP contribution in [0.2, 0.25) is 0 Å². The van der Waals surface area contributed by atoms with Gasteiger partial charge in [0.2, 0.25) is 0 Å². The number of amides is 1. The highest BCUT2D eigenvalue weighted by atomic mass is 16.5. The van der Waals surface area contributed by atoms with E-state index in [1.54, 1.807) is 7.11 Å². The SMILES string of the molecule is COc1ccc(C2CN(C(=O)c3ccccc3C)CCO2)cc1. The number of hydrogen-bond donors (Lipinski definition) is 0. The van der Waals surface area contributed by atoms with Crippen molar-refractivity contribution in [2.45, 2.75) is 13.0 Å². The number of morpholine rings is 1. The van der Waals surface area contributed by atoms with Gasteiger partial charge in [-0.25, -0.2) is 0 Å². The predicted molar refractivity (Wildman–Crippen MR) is 88.8 cm³/mol. The summed E-state index contributed by atoms with van der Waals surface area (Å²) >= 11 is 0. The highest BCUT2D eigenvalue weighted by molar-refractivity contribution is 5.95. The second kappa shape index (κ2) is 6.84. The molecule has 1 aliphatic heterocycles. The number of aryl methyl sites for hydroxylation is 1. The van der Waals surface area contributed by atoms with Gasteiger partial charge in [-0.05, 0) is 36.2 Å². The van der Waals surface area contributed by atoms with Gasteiger partial charge in [-0.15, -0.1) is 0 Å². The fourth-order valence-corrected chi connectivity index (χ4v) is 2.84. The summed E-state index contributed by atoms with van der Waals surface area (Å²) in [6.07, 6.45) is -0.0948. The molecule has 2 aromatic carbocycles. The summed E-state index contributed by atoms with van der Waals surface area (Å²) in [4.78, 5) is 14.6. The maximum atomic E-state index is 12.7. The normalized spacial score (nSPS) is 17.8. The number of carbonyl (C=O) groups is 1. The first kappa shape index (κ1) is 15.6. The Morgan fingerprint density at radius 3 is 2.61 bits per heavy atom. The molecule has 0 aromatic heterocycles. The Hall–Kier alpha value is -2.33. The van der Waals surface area contributed by atoms with Crippen LogP contribution in [0.15, 0.2) is 48.5 Å². The van der Waals surface area contributed by atoms with E-state index < -0.39 is 0 Å². The van der Waals surface area contributed by atoms with Gasteiger partial charge in [0.15, 0.2) is 0 Å². The molecule has 1 fully saturated rings. The third kappa shape index (κ3) is 3.37. The van der Waals surface area contributed by atoms with Gasteiger partial charge in [0, 0.05) is 12.1 Å². The van der Waals surface area contributed by atoms with E-state index in [9.17, 15) is 4.79 Å². The van der Waals surface area contributed by atoms with E-state index in [1.807, 2.05) is 60.4 Å². The van der Waals surface area contributed by atoms with Crippen molar-refractivity contribution in [3.05, 3.63) is 65.2 Å². The molecule has 120 valence electrons. The van der Waals surface area contributed by atoms with E-state index in [1.165, 1.54) is 0 Å². The minimum Gasteiger partial charge on any atom is -0.497 e. The van der Waals surface area contributed by atoms with E-state index >= 15 is 0 Å². The van der Waals surface area contributed by atoms with Crippen LogP contribution in [0, 0.1) is 6.92 Å². The van der Waals surface area contributed by atoms with Crippen molar-refractivity contribution in [3.63, 3.8) is 0 Å². The molecular formula is C19H21NO3. The first-order valence-corrected chi connectivity index (χ1v) is 7.79. The molecule has 1 unspecified atom stereocenters. The topological polar surface area (TPSA) is 38.8 Å².